The van der Waals surface area contributed by atoms with E-state index < -0.39 is 102 Å². The molecule has 3 aliphatic rings. The summed E-state index contributed by atoms with van der Waals surface area (Å²) in [6.07, 6.45) is -0.295. The first-order valence-corrected chi connectivity index (χ1v) is 27.8. The number of aryl methyl sites for hydroxylation is 2. The third-order valence-corrected chi connectivity index (χ3v) is 17.0. The number of cyclic esters (lactones) is 1. The van der Waals surface area contributed by atoms with Crippen molar-refractivity contribution < 1.29 is 63.5 Å². The topological polar surface area (TPSA) is 259 Å². The van der Waals surface area contributed by atoms with Gasteiger partial charge in [-0.15, -0.1) is 10.2 Å². The summed E-state index contributed by atoms with van der Waals surface area (Å²) in [7, 11) is 5.35. The molecule has 3 aliphatic heterocycles. The Morgan fingerprint density at radius 1 is 0.909 bits per heavy atom. The number of hydrogen-bond donors (Lipinski definition) is 5. The van der Waals surface area contributed by atoms with E-state index in [4.69, 9.17) is 28.4 Å². The number of aliphatic hydroxyl groups excluding tert-OH is 3. The van der Waals surface area contributed by atoms with Gasteiger partial charge in [0.15, 0.2) is 6.29 Å². The van der Waals surface area contributed by atoms with Gasteiger partial charge in [0, 0.05) is 70.7 Å². The van der Waals surface area contributed by atoms with E-state index in [1.807, 2.05) is 76.6 Å². The molecule has 21 nitrogen and oxygen atoms in total. The Kier molecular flexibility index (Phi) is 21.4. The number of unbranched alkanes of at least 4 members (excludes halogenated alkanes) is 1. The molecule has 1 aromatic carbocycles. The quantitative estimate of drug-likeness (QED) is 0.0944. The van der Waals surface area contributed by atoms with Crippen molar-refractivity contribution in [1.82, 2.24) is 39.8 Å². The molecular weight excluding hydrogens is 993 g/mol. The third kappa shape index (κ3) is 15.3. The molecule has 77 heavy (non-hydrogen) atoms. The van der Waals surface area contributed by atoms with Gasteiger partial charge in [-0.25, -0.2) is 4.68 Å². The van der Waals surface area contributed by atoms with Crippen LogP contribution in [0.4, 0.5) is 0 Å². The lowest BCUT2D eigenvalue weighted by molar-refractivity contribution is -0.302. The summed E-state index contributed by atoms with van der Waals surface area (Å²) in [5.74, 6) is -3.51. The van der Waals surface area contributed by atoms with Crippen LogP contribution in [0.15, 0.2) is 36.7 Å². The van der Waals surface area contributed by atoms with Gasteiger partial charge >= 0.3 is 11.9 Å². The van der Waals surface area contributed by atoms with Crippen molar-refractivity contribution in [3.63, 3.8) is 0 Å². The van der Waals surface area contributed by atoms with Gasteiger partial charge in [-0.1, -0.05) is 50.3 Å². The molecular formula is C56H92N8O13. The van der Waals surface area contributed by atoms with Gasteiger partial charge in [-0.05, 0) is 124 Å². The number of nitrogens with zero attached hydrogens (tertiary/aromatic N) is 8. The van der Waals surface area contributed by atoms with E-state index in [-0.39, 0.29) is 43.9 Å². The highest BCUT2D eigenvalue weighted by atomic mass is 16.7. The second kappa shape index (κ2) is 26.5. The maximum atomic E-state index is 14.6. The summed E-state index contributed by atoms with van der Waals surface area (Å²) in [6, 6.07) is 7.16. The molecule has 6 rings (SSSR count). The van der Waals surface area contributed by atoms with Gasteiger partial charge < -0.3 is 63.8 Å². The average molecular weight is 1090 g/mol. The van der Waals surface area contributed by atoms with Gasteiger partial charge in [0.25, 0.3) is 0 Å². The van der Waals surface area contributed by atoms with Gasteiger partial charge in [-0.2, -0.15) is 0 Å². The predicted molar refractivity (Wildman–Crippen MR) is 285 cm³/mol. The van der Waals surface area contributed by atoms with Gasteiger partial charge in [0.2, 0.25) is 0 Å². The number of benzene rings is 1. The molecule has 434 valence electrons. The SMILES string of the molecule is CC[C@H]1OC(=O)[C@H](C)[C@@H](C2C[C@@](C)(OC)[C@@H](O)[C@H](C)O2)[C@H](C)[C@@H](O[C@@H]2O[C@H](C)C[C@H](N(C)CCc3cn(CCCCc4ccc(-n5cc(COC(C)=O)nn5)cc4)nn3)[C@H]2O)[C@](C)(O)C[C@@H](C)CN(C)[C@H](C)[C@@H](O)[C@]1(C)O. The van der Waals surface area contributed by atoms with Crippen molar-refractivity contribution in [2.75, 3.05) is 34.3 Å². The van der Waals surface area contributed by atoms with Crippen molar-refractivity contribution in [3.05, 3.63) is 53.6 Å². The van der Waals surface area contributed by atoms with E-state index >= 15 is 0 Å². The van der Waals surface area contributed by atoms with E-state index in [2.05, 4.69) is 37.7 Å². The summed E-state index contributed by atoms with van der Waals surface area (Å²) in [4.78, 5) is 29.8. The van der Waals surface area contributed by atoms with Crippen LogP contribution in [0.3, 0.4) is 0 Å². The van der Waals surface area contributed by atoms with Gasteiger partial charge in [0.1, 0.15) is 42.3 Å². The zero-order chi connectivity index (χ0) is 56.7. The highest BCUT2D eigenvalue weighted by Crippen LogP contribution is 2.45. The van der Waals surface area contributed by atoms with Gasteiger partial charge in [0.05, 0.1) is 59.1 Å². The molecule has 0 saturated carbocycles. The number of esters is 2. The lowest BCUT2D eigenvalue weighted by atomic mass is 9.68. The first-order chi connectivity index (χ1) is 36.2. The largest absolute Gasteiger partial charge is 0.459 e. The van der Waals surface area contributed by atoms with Crippen LogP contribution in [-0.4, -0.2) is 196 Å². The monoisotopic (exact) mass is 1080 g/mol. The first kappa shape index (κ1) is 62.2. The minimum Gasteiger partial charge on any atom is -0.459 e. The molecule has 0 radical (unpaired) electrons. The molecule has 0 amide bonds. The highest BCUT2D eigenvalue weighted by molar-refractivity contribution is 5.73. The maximum absolute atomic E-state index is 14.6. The van der Waals surface area contributed by atoms with Crippen LogP contribution in [-0.2, 0) is 64.0 Å². The third-order valence-electron chi connectivity index (χ3n) is 17.0. The Bertz CT molecular complexity index is 2330. The Labute approximate surface area is 455 Å². The average Bonchev–Trinajstić information content (AvgIpc) is 4.09. The summed E-state index contributed by atoms with van der Waals surface area (Å²) < 4.78 is 40.8. The Hall–Kier alpha value is -4.00. The van der Waals surface area contributed by atoms with E-state index in [0.717, 1.165) is 30.6 Å². The van der Waals surface area contributed by atoms with Crippen molar-refractivity contribution in [2.24, 2.45) is 23.7 Å². The van der Waals surface area contributed by atoms with Crippen molar-refractivity contribution >= 4 is 11.9 Å². The fraction of sp³-hybridized carbons (Fsp3) is 0.786. The second-order valence-electron chi connectivity index (χ2n) is 23.5. The number of hydrogen-bond acceptors (Lipinski definition) is 19. The summed E-state index contributed by atoms with van der Waals surface area (Å²) in [5.41, 5.74) is -1.01. The smallest absolute Gasteiger partial charge is 0.309 e. The standard InChI is InChI=1S/C56H92N8O13/c1-15-46-56(11,71)49(67)37(6)62(13)29-33(2)27-54(9,70)51(35(4)47(36(5)52(69)76-46)45-28-55(10,72-14)50(68)38(7)75-45)77-53-48(66)44(26-34(3)74-53)61(12)25-23-41-30-63(59-57-41)24-17-16-18-40-19-21-43(22-20-40)64-31-42(58-60-64)32-73-39(8)65/h19-22,30-31,33-38,44-51,53,66-68,70-71H,15-18,23-29,32H2,1-14H3/t33-,34-,35+,36-,37-,38+,44+,45?,46-,47+,48-,49-,50+,51-,53+,54-,55-,56-/m1/s1. The highest BCUT2D eigenvalue weighted by Gasteiger charge is 2.55. The molecule has 0 aliphatic carbocycles. The van der Waals surface area contributed by atoms with E-state index in [1.54, 1.807) is 38.6 Å². The fourth-order valence-corrected chi connectivity index (χ4v) is 12.3. The van der Waals surface area contributed by atoms with Crippen LogP contribution < -0.4 is 0 Å². The van der Waals surface area contributed by atoms with E-state index in [9.17, 15) is 35.1 Å². The lowest BCUT2D eigenvalue weighted by Crippen LogP contribution is -2.62. The van der Waals surface area contributed by atoms with Gasteiger partial charge in [-0.3, -0.25) is 14.3 Å². The molecule has 2 aromatic heterocycles. The van der Waals surface area contributed by atoms with Crippen LogP contribution in [0.5, 0.6) is 0 Å². The van der Waals surface area contributed by atoms with Crippen molar-refractivity contribution in [3.8, 4) is 5.69 Å². The number of likely N-dealkylation sites (N-methyl/N-ethyl adjacent to an activating group) is 2. The molecule has 3 aromatic rings. The number of aliphatic hydroxyl groups is 5. The summed E-state index contributed by atoms with van der Waals surface area (Å²) in [5, 5.41) is 77.3. The van der Waals surface area contributed by atoms with Crippen LogP contribution in [0.1, 0.15) is 132 Å². The van der Waals surface area contributed by atoms with Crippen LogP contribution in [0, 0.1) is 23.7 Å². The van der Waals surface area contributed by atoms with Crippen molar-refractivity contribution in [2.45, 2.75) is 225 Å². The van der Waals surface area contributed by atoms with E-state index in [0.29, 0.717) is 38.2 Å². The molecule has 0 bridgehead atoms. The second-order valence-corrected chi connectivity index (χ2v) is 23.5. The van der Waals surface area contributed by atoms with Crippen LogP contribution in [0.25, 0.3) is 5.69 Å². The zero-order valence-electron chi connectivity index (χ0n) is 48.2. The number of ether oxygens (including phenoxy) is 6. The maximum Gasteiger partial charge on any atom is 0.309 e. The van der Waals surface area contributed by atoms with E-state index in [1.165, 1.54) is 26.5 Å². The summed E-state index contributed by atoms with van der Waals surface area (Å²) in [6.45, 7) is 21.1. The molecule has 3 saturated heterocycles. The number of methoxy groups -OCH3 is 1. The molecule has 0 spiro atoms. The molecule has 3 fully saturated rings. The first-order valence-electron chi connectivity index (χ1n) is 27.8. The molecule has 5 heterocycles. The van der Waals surface area contributed by atoms with Crippen LogP contribution >= 0.6 is 0 Å². The van der Waals surface area contributed by atoms with Crippen LogP contribution in [0.2, 0.25) is 0 Å². The number of rotatable bonds is 17. The number of aromatic nitrogens is 6. The Morgan fingerprint density at radius 2 is 1.60 bits per heavy atom. The predicted octanol–water partition coefficient (Wildman–Crippen LogP) is 4.05. The van der Waals surface area contributed by atoms with Crippen molar-refractivity contribution in [1.29, 1.82) is 0 Å². The minimum absolute atomic E-state index is 0.0784. The molecule has 18 atom stereocenters. The summed E-state index contributed by atoms with van der Waals surface area (Å²) >= 11 is 0. The lowest BCUT2D eigenvalue weighted by Gasteiger charge is -2.51. The molecule has 5 N–H and O–H groups in total. The Balaban J connectivity index is 1.15. The zero-order valence-corrected chi connectivity index (χ0v) is 48.2. The molecule has 21 heteroatoms. The number of carbonyl (C=O) groups excluding carboxylic acids is 2. The normalized spacial score (nSPS) is 37.2. The minimum atomic E-state index is -1.82. The Morgan fingerprint density at radius 3 is 2.26 bits per heavy atom. The number of carbonyl (C=O) groups is 2. The molecule has 1 unspecified atom stereocenters. The fourth-order valence-electron chi connectivity index (χ4n) is 12.3.